The van der Waals surface area contributed by atoms with Crippen LogP contribution in [0.25, 0.3) is 0 Å². The second-order valence-electron chi connectivity index (χ2n) is 5.74. The molecule has 2 unspecified atom stereocenters. The molecular weight excluding hydrogens is 210 g/mol. The molecule has 1 rings (SSSR count). The summed E-state index contributed by atoms with van der Waals surface area (Å²) in [6.45, 7) is 9.09. The van der Waals surface area contributed by atoms with Crippen molar-refractivity contribution in [3.63, 3.8) is 0 Å². The Hall–Kier alpha value is -0.120. The van der Waals surface area contributed by atoms with Gasteiger partial charge in [-0.05, 0) is 38.9 Å². The summed E-state index contributed by atoms with van der Waals surface area (Å²) in [5, 5.41) is 0. The van der Waals surface area contributed by atoms with E-state index in [2.05, 4.69) is 37.7 Å². The summed E-state index contributed by atoms with van der Waals surface area (Å²) in [7, 11) is 4.48. The SMILES string of the molecule is CCC(CC)C(CN)N(C)CC1CCN(C)C1. The van der Waals surface area contributed by atoms with Crippen LogP contribution in [-0.4, -0.2) is 56.1 Å². The summed E-state index contributed by atoms with van der Waals surface area (Å²) in [4.78, 5) is 4.95. The lowest BCUT2D eigenvalue weighted by atomic mass is 9.92. The molecule has 0 bridgehead atoms. The van der Waals surface area contributed by atoms with Crippen LogP contribution in [0.15, 0.2) is 0 Å². The zero-order valence-electron chi connectivity index (χ0n) is 12.2. The summed E-state index contributed by atoms with van der Waals surface area (Å²) in [6.07, 6.45) is 3.83. The first-order chi connectivity index (χ1) is 8.12. The Balaban J connectivity index is 2.45. The first-order valence-corrected chi connectivity index (χ1v) is 7.21. The smallest absolute Gasteiger partial charge is 0.0243 e. The van der Waals surface area contributed by atoms with E-state index in [9.17, 15) is 0 Å². The maximum Gasteiger partial charge on any atom is 0.0243 e. The Labute approximate surface area is 107 Å². The molecule has 0 amide bonds. The van der Waals surface area contributed by atoms with Gasteiger partial charge in [-0.15, -0.1) is 0 Å². The molecule has 1 heterocycles. The molecule has 1 fully saturated rings. The average molecular weight is 241 g/mol. The highest BCUT2D eigenvalue weighted by Gasteiger charge is 2.26. The van der Waals surface area contributed by atoms with Crippen molar-refractivity contribution in [1.82, 2.24) is 9.80 Å². The van der Waals surface area contributed by atoms with Gasteiger partial charge in [-0.3, -0.25) is 0 Å². The van der Waals surface area contributed by atoms with Crippen molar-refractivity contribution in [2.45, 2.75) is 39.2 Å². The van der Waals surface area contributed by atoms with Gasteiger partial charge >= 0.3 is 0 Å². The van der Waals surface area contributed by atoms with E-state index in [1.54, 1.807) is 0 Å². The van der Waals surface area contributed by atoms with E-state index in [1.165, 1.54) is 38.9 Å². The number of rotatable bonds is 7. The number of hydrogen-bond acceptors (Lipinski definition) is 3. The fraction of sp³-hybridized carbons (Fsp3) is 1.00. The van der Waals surface area contributed by atoms with Crippen molar-refractivity contribution in [3.05, 3.63) is 0 Å². The van der Waals surface area contributed by atoms with Crippen molar-refractivity contribution in [3.8, 4) is 0 Å². The highest BCUT2D eigenvalue weighted by Crippen LogP contribution is 2.21. The Morgan fingerprint density at radius 3 is 2.41 bits per heavy atom. The van der Waals surface area contributed by atoms with E-state index in [1.807, 2.05) is 0 Å². The maximum atomic E-state index is 5.98. The van der Waals surface area contributed by atoms with Crippen LogP contribution in [0.2, 0.25) is 0 Å². The fourth-order valence-corrected chi connectivity index (χ4v) is 3.28. The third kappa shape index (κ3) is 4.23. The van der Waals surface area contributed by atoms with Crippen LogP contribution in [0.3, 0.4) is 0 Å². The van der Waals surface area contributed by atoms with Crippen molar-refractivity contribution >= 4 is 0 Å². The lowest BCUT2D eigenvalue weighted by Crippen LogP contribution is -2.45. The molecule has 3 nitrogen and oxygen atoms in total. The summed E-state index contributed by atoms with van der Waals surface area (Å²) in [6, 6.07) is 0.566. The van der Waals surface area contributed by atoms with Crippen LogP contribution in [0, 0.1) is 11.8 Å². The van der Waals surface area contributed by atoms with Gasteiger partial charge in [-0.1, -0.05) is 26.7 Å². The number of nitrogens with two attached hydrogens (primary N) is 1. The summed E-state index contributed by atoms with van der Waals surface area (Å²) in [5.41, 5.74) is 5.98. The molecule has 1 saturated heterocycles. The van der Waals surface area contributed by atoms with Crippen molar-refractivity contribution in [1.29, 1.82) is 0 Å². The van der Waals surface area contributed by atoms with Crippen LogP contribution in [0.1, 0.15) is 33.1 Å². The zero-order chi connectivity index (χ0) is 12.8. The quantitative estimate of drug-likeness (QED) is 0.735. The molecule has 0 radical (unpaired) electrons. The van der Waals surface area contributed by atoms with E-state index in [0.29, 0.717) is 6.04 Å². The predicted octanol–water partition coefficient (Wildman–Crippen LogP) is 1.63. The lowest BCUT2D eigenvalue weighted by Gasteiger charge is -2.34. The van der Waals surface area contributed by atoms with E-state index in [-0.39, 0.29) is 0 Å². The lowest BCUT2D eigenvalue weighted by molar-refractivity contribution is 0.150. The van der Waals surface area contributed by atoms with E-state index in [4.69, 9.17) is 5.73 Å². The molecule has 1 aliphatic rings. The van der Waals surface area contributed by atoms with Gasteiger partial charge in [0, 0.05) is 25.7 Å². The molecule has 3 heteroatoms. The monoisotopic (exact) mass is 241 g/mol. The van der Waals surface area contributed by atoms with Crippen molar-refractivity contribution in [2.75, 3.05) is 40.3 Å². The molecule has 0 aromatic rings. The third-order valence-electron chi connectivity index (χ3n) is 4.44. The van der Waals surface area contributed by atoms with Crippen molar-refractivity contribution < 1.29 is 0 Å². The second kappa shape index (κ2) is 7.34. The van der Waals surface area contributed by atoms with Gasteiger partial charge < -0.3 is 15.5 Å². The minimum absolute atomic E-state index is 0.566. The largest absolute Gasteiger partial charge is 0.329 e. The number of nitrogens with zero attached hydrogens (tertiary/aromatic N) is 2. The van der Waals surface area contributed by atoms with Crippen LogP contribution in [0.4, 0.5) is 0 Å². The van der Waals surface area contributed by atoms with Gasteiger partial charge in [0.2, 0.25) is 0 Å². The van der Waals surface area contributed by atoms with Crippen LogP contribution >= 0.6 is 0 Å². The highest BCUT2D eigenvalue weighted by atomic mass is 15.2. The molecular formula is C14H31N3. The van der Waals surface area contributed by atoms with Gasteiger partial charge in [0.1, 0.15) is 0 Å². The fourth-order valence-electron chi connectivity index (χ4n) is 3.28. The molecule has 0 aromatic carbocycles. The number of likely N-dealkylation sites (N-methyl/N-ethyl adjacent to an activating group) is 1. The minimum atomic E-state index is 0.566. The third-order valence-corrected chi connectivity index (χ3v) is 4.44. The van der Waals surface area contributed by atoms with Gasteiger partial charge in [0.25, 0.3) is 0 Å². The number of hydrogen-bond donors (Lipinski definition) is 1. The highest BCUT2D eigenvalue weighted by molar-refractivity contribution is 4.81. The molecule has 102 valence electrons. The molecule has 2 N–H and O–H groups in total. The normalized spacial score (nSPS) is 23.8. The van der Waals surface area contributed by atoms with Gasteiger partial charge in [-0.2, -0.15) is 0 Å². The summed E-state index contributed by atoms with van der Waals surface area (Å²) in [5.74, 6) is 1.59. The molecule has 1 aliphatic heterocycles. The topological polar surface area (TPSA) is 32.5 Å². The Kier molecular flexibility index (Phi) is 6.45. The first kappa shape index (κ1) is 14.9. The average Bonchev–Trinajstić information content (AvgIpc) is 2.71. The van der Waals surface area contributed by atoms with Crippen LogP contribution in [0.5, 0.6) is 0 Å². The Bertz CT molecular complexity index is 204. The van der Waals surface area contributed by atoms with Gasteiger partial charge in [0.15, 0.2) is 0 Å². The summed E-state index contributed by atoms with van der Waals surface area (Å²) < 4.78 is 0. The second-order valence-corrected chi connectivity index (χ2v) is 5.74. The first-order valence-electron chi connectivity index (χ1n) is 7.21. The Morgan fingerprint density at radius 1 is 1.35 bits per heavy atom. The molecule has 2 atom stereocenters. The summed E-state index contributed by atoms with van der Waals surface area (Å²) >= 11 is 0. The van der Waals surface area contributed by atoms with E-state index in [0.717, 1.165) is 18.4 Å². The standard InChI is InChI=1S/C14H31N3/c1-5-13(6-2)14(9-15)17(4)11-12-7-8-16(3)10-12/h12-14H,5-11,15H2,1-4H3. The van der Waals surface area contributed by atoms with E-state index < -0.39 is 0 Å². The molecule has 0 saturated carbocycles. The zero-order valence-corrected chi connectivity index (χ0v) is 12.2. The van der Waals surface area contributed by atoms with Crippen LogP contribution < -0.4 is 5.73 Å². The van der Waals surface area contributed by atoms with Crippen LogP contribution in [-0.2, 0) is 0 Å². The molecule has 0 aromatic heterocycles. The van der Waals surface area contributed by atoms with E-state index >= 15 is 0 Å². The van der Waals surface area contributed by atoms with Crippen molar-refractivity contribution in [2.24, 2.45) is 17.6 Å². The molecule has 17 heavy (non-hydrogen) atoms. The maximum absolute atomic E-state index is 5.98. The number of likely N-dealkylation sites (tertiary alicyclic amines) is 1. The molecule has 0 aliphatic carbocycles. The van der Waals surface area contributed by atoms with Gasteiger partial charge in [-0.25, -0.2) is 0 Å². The minimum Gasteiger partial charge on any atom is -0.329 e. The molecule has 0 spiro atoms. The predicted molar refractivity (Wildman–Crippen MR) is 75.1 cm³/mol. The Morgan fingerprint density at radius 2 is 2.00 bits per heavy atom. The van der Waals surface area contributed by atoms with Gasteiger partial charge in [0.05, 0.1) is 0 Å².